The Morgan fingerprint density at radius 3 is 3.00 bits per heavy atom. The Hall–Kier alpha value is -1.76. The van der Waals surface area contributed by atoms with Gasteiger partial charge in [-0.25, -0.2) is 9.78 Å². The molecule has 0 aliphatic heterocycles. The van der Waals surface area contributed by atoms with Gasteiger partial charge < -0.3 is 10.6 Å². The van der Waals surface area contributed by atoms with E-state index in [1.807, 2.05) is 31.8 Å². The number of nitrogens with zero attached hydrogens (tertiary/aromatic N) is 3. The third-order valence-electron chi connectivity index (χ3n) is 4.17. The third-order valence-corrected chi connectivity index (χ3v) is 5.27. The van der Waals surface area contributed by atoms with Crippen LogP contribution in [0.1, 0.15) is 25.0 Å². The van der Waals surface area contributed by atoms with Crippen molar-refractivity contribution in [3.8, 4) is 0 Å². The summed E-state index contributed by atoms with van der Waals surface area (Å²) in [6.45, 7) is 1.94. The van der Waals surface area contributed by atoms with Crippen molar-refractivity contribution in [2.24, 2.45) is 7.05 Å². The normalized spacial score (nSPS) is 21.2. The molecule has 1 aliphatic rings. The highest BCUT2D eigenvalue weighted by atomic mass is 32.2. The predicted molar refractivity (Wildman–Crippen MR) is 90.3 cm³/mol. The number of rotatable bonds is 3. The first kappa shape index (κ1) is 15.1. The molecule has 0 saturated heterocycles. The van der Waals surface area contributed by atoms with Crippen molar-refractivity contribution < 1.29 is 4.79 Å². The smallest absolute Gasteiger partial charge is 0.319 e. The molecule has 0 radical (unpaired) electrons. The van der Waals surface area contributed by atoms with Gasteiger partial charge >= 0.3 is 6.03 Å². The van der Waals surface area contributed by atoms with Crippen LogP contribution in [0.25, 0.3) is 11.0 Å². The van der Waals surface area contributed by atoms with E-state index in [0.29, 0.717) is 10.9 Å². The maximum Gasteiger partial charge on any atom is 0.319 e. The van der Waals surface area contributed by atoms with Crippen LogP contribution in [0, 0.1) is 6.92 Å². The summed E-state index contributed by atoms with van der Waals surface area (Å²) in [4.78, 5) is 16.5. The Labute approximate surface area is 134 Å². The summed E-state index contributed by atoms with van der Waals surface area (Å²) in [5, 5.41) is 11.9. The first-order valence-corrected chi connectivity index (χ1v) is 8.75. The largest absolute Gasteiger partial charge is 0.335 e. The lowest BCUT2D eigenvalue weighted by Gasteiger charge is -2.13. The number of aromatic nitrogens is 3. The molecule has 2 atom stereocenters. The van der Waals surface area contributed by atoms with E-state index >= 15 is 0 Å². The van der Waals surface area contributed by atoms with Gasteiger partial charge in [0, 0.05) is 23.7 Å². The Bertz CT molecular complexity index is 699. The maximum absolute atomic E-state index is 12.1. The van der Waals surface area contributed by atoms with Crippen LogP contribution >= 0.6 is 11.8 Å². The molecule has 3 rings (SSSR count). The molecule has 0 spiro atoms. The summed E-state index contributed by atoms with van der Waals surface area (Å²) in [5.74, 6) is 0. The first-order valence-electron chi connectivity index (χ1n) is 7.46. The minimum Gasteiger partial charge on any atom is -0.335 e. The summed E-state index contributed by atoms with van der Waals surface area (Å²) in [5.41, 5.74) is 2.43. The SMILES string of the molecule is CS[C@@H]1CC[C@H](NC(=O)Nc2cnc3c(c2)c(C)nn3C)C1. The Morgan fingerprint density at radius 1 is 1.45 bits per heavy atom. The lowest BCUT2D eigenvalue weighted by Crippen LogP contribution is -2.36. The molecule has 2 aromatic heterocycles. The molecular weight excluding hydrogens is 298 g/mol. The van der Waals surface area contributed by atoms with Crippen LogP contribution in [0.4, 0.5) is 10.5 Å². The van der Waals surface area contributed by atoms with Gasteiger partial charge in [0.25, 0.3) is 0 Å². The van der Waals surface area contributed by atoms with Gasteiger partial charge in [0.2, 0.25) is 0 Å². The molecule has 1 saturated carbocycles. The van der Waals surface area contributed by atoms with Crippen molar-refractivity contribution in [1.29, 1.82) is 0 Å². The number of anilines is 1. The highest BCUT2D eigenvalue weighted by Gasteiger charge is 2.25. The number of fused-ring (bicyclic) bond motifs is 1. The number of urea groups is 1. The van der Waals surface area contributed by atoms with Gasteiger partial charge in [-0.2, -0.15) is 16.9 Å². The second kappa shape index (κ2) is 6.16. The number of aryl methyl sites for hydroxylation is 2. The summed E-state index contributed by atoms with van der Waals surface area (Å²) < 4.78 is 1.75. The molecular formula is C15H21N5OS. The molecule has 0 aromatic carbocycles. The number of carbonyl (C=O) groups excluding carboxylic acids is 1. The number of carbonyl (C=O) groups is 1. The fourth-order valence-corrected chi connectivity index (χ4v) is 3.81. The van der Waals surface area contributed by atoms with Crippen molar-refractivity contribution in [3.05, 3.63) is 18.0 Å². The van der Waals surface area contributed by atoms with Gasteiger partial charge in [0.15, 0.2) is 5.65 Å². The summed E-state index contributed by atoms with van der Waals surface area (Å²) in [7, 11) is 1.87. The third kappa shape index (κ3) is 3.04. The van der Waals surface area contributed by atoms with Crippen LogP contribution in [0.5, 0.6) is 0 Å². The van der Waals surface area contributed by atoms with Crippen molar-refractivity contribution in [1.82, 2.24) is 20.1 Å². The summed E-state index contributed by atoms with van der Waals surface area (Å²) in [6, 6.07) is 2.03. The van der Waals surface area contributed by atoms with E-state index in [1.54, 1.807) is 10.9 Å². The number of hydrogen-bond donors (Lipinski definition) is 2. The fourth-order valence-electron chi connectivity index (χ4n) is 3.01. The van der Waals surface area contributed by atoms with Crippen LogP contribution in [0.15, 0.2) is 12.3 Å². The number of thioether (sulfide) groups is 1. The minimum atomic E-state index is -0.158. The molecule has 7 heteroatoms. The Morgan fingerprint density at radius 2 is 2.27 bits per heavy atom. The molecule has 22 heavy (non-hydrogen) atoms. The zero-order chi connectivity index (χ0) is 15.7. The van der Waals surface area contributed by atoms with E-state index in [1.165, 1.54) is 6.42 Å². The van der Waals surface area contributed by atoms with E-state index in [9.17, 15) is 4.79 Å². The van der Waals surface area contributed by atoms with Gasteiger partial charge in [-0.05, 0) is 38.5 Å². The quantitative estimate of drug-likeness (QED) is 0.912. The molecule has 0 unspecified atom stereocenters. The van der Waals surface area contributed by atoms with Crippen LogP contribution < -0.4 is 10.6 Å². The zero-order valence-electron chi connectivity index (χ0n) is 13.1. The number of hydrogen-bond acceptors (Lipinski definition) is 4. The van der Waals surface area contributed by atoms with E-state index < -0.39 is 0 Å². The van der Waals surface area contributed by atoms with Gasteiger partial charge in [0.1, 0.15) is 0 Å². The monoisotopic (exact) mass is 319 g/mol. The Kier molecular flexibility index (Phi) is 4.24. The van der Waals surface area contributed by atoms with E-state index in [4.69, 9.17) is 0 Å². The molecule has 2 heterocycles. The molecule has 2 amide bonds. The average Bonchev–Trinajstić information content (AvgIpc) is 3.04. The lowest BCUT2D eigenvalue weighted by molar-refractivity contribution is 0.248. The summed E-state index contributed by atoms with van der Waals surface area (Å²) in [6.07, 6.45) is 7.08. The molecule has 1 aliphatic carbocycles. The molecule has 2 N–H and O–H groups in total. The van der Waals surface area contributed by atoms with Crippen molar-refractivity contribution in [2.45, 2.75) is 37.5 Å². The van der Waals surface area contributed by atoms with Crippen LogP contribution in [-0.2, 0) is 7.05 Å². The number of pyridine rings is 1. The van der Waals surface area contributed by atoms with E-state index in [2.05, 4.69) is 27.0 Å². The second-order valence-electron chi connectivity index (χ2n) is 5.77. The van der Waals surface area contributed by atoms with Gasteiger partial charge in [-0.3, -0.25) is 4.68 Å². The second-order valence-corrected chi connectivity index (χ2v) is 6.91. The van der Waals surface area contributed by atoms with Crippen molar-refractivity contribution in [3.63, 3.8) is 0 Å². The van der Waals surface area contributed by atoms with Crippen molar-refractivity contribution >= 4 is 34.5 Å². The average molecular weight is 319 g/mol. The van der Waals surface area contributed by atoms with Crippen LogP contribution in [0.3, 0.4) is 0 Å². The number of nitrogens with one attached hydrogen (secondary N) is 2. The standard InChI is InChI=1S/C15H21N5OS/c1-9-13-7-11(8-16-14(13)20(2)19-9)18-15(21)17-10-4-5-12(6-10)22-3/h7-8,10,12H,4-6H2,1-3H3,(H2,17,18,21)/t10-,12+/m0/s1. The van der Waals surface area contributed by atoms with Crippen LogP contribution in [-0.4, -0.2) is 38.3 Å². The fraction of sp³-hybridized carbons (Fsp3) is 0.533. The molecule has 0 bridgehead atoms. The minimum absolute atomic E-state index is 0.158. The summed E-state index contributed by atoms with van der Waals surface area (Å²) >= 11 is 1.88. The Balaban J connectivity index is 1.65. The highest BCUT2D eigenvalue weighted by molar-refractivity contribution is 7.99. The lowest BCUT2D eigenvalue weighted by atomic mass is 10.2. The van der Waals surface area contributed by atoms with Crippen LogP contribution in [0.2, 0.25) is 0 Å². The van der Waals surface area contributed by atoms with E-state index in [-0.39, 0.29) is 12.1 Å². The van der Waals surface area contributed by atoms with Gasteiger partial charge in [-0.15, -0.1) is 0 Å². The molecule has 1 fully saturated rings. The predicted octanol–water partition coefficient (Wildman–Crippen LogP) is 2.68. The number of amides is 2. The molecule has 118 valence electrons. The highest BCUT2D eigenvalue weighted by Crippen LogP contribution is 2.28. The maximum atomic E-state index is 12.1. The van der Waals surface area contributed by atoms with E-state index in [0.717, 1.165) is 29.6 Å². The van der Waals surface area contributed by atoms with Crippen molar-refractivity contribution in [2.75, 3.05) is 11.6 Å². The zero-order valence-corrected chi connectivity index (χ0v) is 13.9. The first-order chi connectivity index (χ1) is 10.6. The molecule has 2 aromatic rings. The van der Waals surface area contributed by atoms with Gasteiger partial charge in [0.05, 0.1) is 17.6 Å². The molecule has 6 nitrogen and oxygen atoms in total. The topological polar surface area (TPSA) is 71.8 Å². The van der Waals surface area contributed by atoms with Gasteiger partial charge in [-0.1, -0.05) is 0 Å².